The van der Waals surface area contributed by atoms with Gasteiger partial charge in [0, 0.05) is 19.6 Å². The molecule has 0 aliphatic carbocycles. The molecule has 3 heteroatoms. The molecule has 0 unspecified atom stereocenters. The number of alkyl halides is 1. The first-order chi connectivity index (χ1) is 4.74. The smallest absolute Gasteiger partial charge is 0.106 e. The molecule has 10 heavy (non-hydrogen) atoms. The lowest BCUT2D eigenvalue weighted by Crippen LogP contribution is -2.50. The molecule has 0 aromatic heterocycles. The van der Waals surface area contributed by atoms with E-state index in [-0.39, 0.29) is 12.7 Å². The molecular weight excluding hydrogens is 131 g/mol. The lowest BCUT2D eigenvalue weighted by Gasteiger charge is -2.35. The van der Waals surface area contributed by atoms with E-state index in [1.54, 1.807) is 0 Å². The van der Waals surface area contributed by atoms with Gasteiger partial charge in [0.25, 0.3) is 0 Å². The summed E-state index contributed by atoms with van der Waals surface area (Å²) in [6.07, 6.45) is 0. The van der Waals surface area contributed by atoms with Gasteiger partial charge >= 0.3 is 0 Å². The van der Waals surface area contributed by atoms with Crippen LogP contribution in [-0.4, -0.2) is 56.2 Å². The third-order valence-corrected chi connectivity index (χ3v) is 2.16. The third kappa shape index (κ3) is 1.67. The number of nitrogens with zero attached hydrogens (tertiary/aromatic N) is 2. The van der Waals surface area contributed by atoms with Crippen molar-refractivity contribution in [3.8, 4) is 0 Å². The minimum atomic E-state index is -0.221. The maximum absolute atomic E-state index is 12.2. The summed E-state index contributed by atoms with van der Waals surface area (Å²) in [6, 6.07) is 0.124. The van der Waals surface area contributed by atoms with E-state index in [2.05, 4.69) is 9.80 Å². The molecule has 0 radical (unpaired) electrons. The number of rotatable bonds is 1. The molecular formula is C7H15FN2. The normalized spacial score (nSPS) is 30.9. The molecule has 1 aliphatic heterocycles. The van der Waals surface area contributed by atoms with Crippen LogP contribution in [0, 0.1) is 0 Å². The molecule has 1 saturated heterocycles. The maximum Gasteiger partial charge on any atom is 0.106 e. The summed E-state index contributed by atoms with van der Waals surface area (Å²) in [7, 11) is 4.02. The summed E-state index contributed by atoms with van der Waals surface area (Å²) in [6.45, 7) is 2.70. The average molecular weight is 146 g/mol. The predicted octanol–water partition coefficient (Wildman–Crippen LogP) is 0.202. The Morgan fingerprint density at radius 2 is 2.10 bits per heavy atom. The highest BCUT2D eigenvalue weighted by atomic mass is 19.1. The first-order valence-electron chi connectivity index (χ1n) is 3.69. The topological polar surface area (TPSA) is 6.48 Å². The lowest BCUT2D eigenvalue weighted by atomic mass is 10.2. The SMILES string of the molecule is CN1CCN(C)[C@H](CF)C1. The van der Waals surface area contributed by atoms with Gasteiger partial charge < -0.3 is 4.90 Å². The Hall–Kier alpha value is -0.150. The highest BCUT2D eigenvalue weighted by Crippen LogP contribution is 2.05. The molecule has 0 amide bonds. The highest BCUT2D eigenvalue weighted by molar-refractivity contribution is 4.77. The Kier molecular flexibility index (Phi) is 2.63. The number of hydrogen-bond acceptors (Lipinski definition) is 2. The van der Waals surface area contributed by atoms with E-state index >= 15 is 0 Å². The van der Waals surface area contributed by atoms with Gasteiger partial charge in [-0.05, 0) is 14.1 Å². The third-order valence-electron chi connectivity index (χ3n) is 2.16. The molecule has 1 heterocycles. The summed E-state index contributed by atoms with van der Waals surface area (Å²) in [4.78, 5) is 4.25. The summed E-state index contributed by atoms with van der Waals surface area (Å²) < 4.78 is 12.2. The molecule has 0 saturated carbocycles. The van der Waals surface area contributed by atoms with Gasteiger partial charge in [-0.1, -0.05) is 0 Å². The number of piperazine rings is 1. The second kappa shape index (κ2) is 3.30. The van der Waals surface area contributed by atoms with Gasteiger partial charge in [0.2, 0.25) is 0 Å². The maximum atomic E-state index is 12.2. The van der Waals surface area contributed by atoms with Crippen LogP contribution in [0.2, 0.25) is 0 Å². The summed E-state index contributed by atoms with van der Waals surface area (Å²) >= 11 is 0. The molecule has 1 aliphatic rings. The molecule has 0 N–H and O–H groups in total. The number of hydrogen-bond donors (Lipinski definition) is 0. The standard InChI is InChI=1S/C7H15FN2/c1-9-3-4-10(2)7(5-8)6-9/h7H,3-6H2,1-2H3/t7-/m1/s1. The van der Waals surface area contributed by atoms with E-state index in [1.807, 2.05) is 14.1 Å². The van der Waals surface area contributed by atoms with Gasteiger partial charge in [-0.25, -0.2) is 4.39 Å². The summed E-state index contributed by atoms with van der Waals surface area (Å²) in [5, 5.41) is 0. The van der Waals surface area contributed by atoms with Crippen LogP contribution in [0.25, 0.3) is 0 Å². The van der Waals surface area contributed by atoms with Crippen molar-refractivity contribution in [2.45, 2.75) is 6.04 Å². The van der Waals surface area contributed by atoms with Crippen LogP contribution in [-0.2, 0) is 0 Å². The molecule has 0 bridgehead atoms. The Labute approximate surface area is 61.6 Å². The Morgan fingerprint density at radius 3 is 2.60 bits per heavy atom. The molecule has 1 atom stereocenters. The van der Waals surface area contributed by atoms with E-state index in [9.17, 15) is 4.39 Å². The van der Waals surface area contributed by atoms with Gasteiger partial charge in [0.05, 0.1) is 6.04 Å². The molecule has 0 aromatic carbocycles. The zero-order valence-electron chi connectivity index (χ0n) is 6.68. The zero-order chi connectivity index (χ0) is 7.56. The minimum absolute atomic E-state index is 0.124. The molecule has 60 valence electrons. The van der Waals surface area contributed by atoms with Gasteiger partial charge in [-0.15, -0.1) is 0 Å². The van der Waals surface area contributed by atoms with E-state index in [1.165, 1.54) is 0 Å². The van der Waals surface area contributed by atoms with Crippen molar-refractivity contribution >= 4 is 0 Å². The number of likely N-dealkylation sites (N-methyl/N-ethyl adjacent to an activating group) is 2. The van der Waals surface area contributed by atoms with E-state index in [0.717, 1.165) is 19.6 Å². The molecule has 0 aromatic rings. The first-order valence-corrected chi connectivity index (χ1v) is 3.69. The van der Waals surface area contributed by atoms with Crippen LogP contribution in [0.1, 0.15) is 0 Å². The summed E-state index contributed by atoms with van der Waals surface area (Å²) in [5.74, 6) is 0. The lowest BCUT2D eigenvalue weighted by molar-refractivity contribution is 0.0963. The Bertz CT molecular complexity index is 108. The van der Waals surface area contributed by atoms with Gasteiger partial charge in [0.1, 0.15) is 6.67 Å². The first kappa shape index (κ1) is 7.95. The van der Waals surface area contributed by atoms with Crippen molar-refractivity contribution in [2.75, 3.05) is 40.4 Å². The van der Waals surface area contributed by atoms with Gasteiger partial charge in [0.15, 0.2) is 0 Å². The van der Waals surface area contributed by atoms with Crippen LogP contribution in [0.4, 0.5) is 4.39 Å². The van der Waals surface area contributed by atoms with E-state index in [4.69, 9.17) is 0 Å². The van der Waals surface area contributed by atoms with Gasteiger partial charge in [-0.3, -0.25) is 4.90 Å². The van der Waals surface area contributed by atoms with Crippen LogP contribution in [0.3, 0.4) is 0 Å². The number of halogens is 1. The quantitative estimate of drug-likeness (QED) is 0.521. The molecule has 1 rings (SSSR count). The molecule has 2 nitrogen and oxygen atoms in total. The van der Waals surface area contributed by atoms with Crippen LogP contribution >= 0.6 is 0 Å². The van der Waals surface area contributed by atoms with Crippen molar-refractivity contribution < 1.29 is 4.39 Å². The molecule has 1 fully saturated rings. The van der Waals surface area contributed by atoms with Crippen molar-refractivity contribution in [2.24, 2.45) is 0 Å². The van der Waals surface area contributed by atoms with Gasteiger partial charge in [-0.2, -0.15) is 0 Å². The van der Waals surface area contributed by atoms with Crippen LogP contribution < -0.4 is 0 Å². The van der Waals surface area contributed by atoms with Crippen molar-refractivity contribution in [1.29, 1.82) is 0 Å². The second-order valence-corrected chi connectivity index (χ2v) is 3.05. The second-order valence-electron chi connectivity index (χ2n) is 3.05. The van der Waals surface area contributed by atoms with Crippen LogP contribution in [0.5, 0.6) is 0 Å². The van der Waals surface area contributed by atoms with Crippen molar-refractivity contribution in [1.82, 2.24) is 9.80 Å². The van der Waals surface area contributed by atoms with E-state index < -0.39 is 0 Å². The van der Waals surface area contributed by atoms with E-state index in [0.29, 0.717) is 0 Å². The van der Waals surface area contributed by atoms with Crippen molar-refractivity contribution in [3.05, 3.63) is 0 Å². The fraction of sp³-hybridized carbons (Fsp3) is 1.00. The average Bonchev–Trinajstić information content (AvgIpc) is 1.94. The van der Waals surface area contributed by atoms with Crippen molar-refractivity contribution in [3.63, 3.8) is 0 Å². The van der Waals surface area contributed by atoms with Crippen LogP contribution in [0.15, 0.2) is 0 Å². The predicted molar refractivity (Wildman–Crippen MR) is 39.9 cm³/mol. The Balaban J connectivity index is 2.38. The highest BCUT2D eigenvalue weighted by Gasteiger charge is 2.21. The minimum Gasteiger partial charge on any atom is -0.303 e. The largest absolute Gasteiger partial charge is 0.303 e. The Morgan fingerprint density at radius 1 is 1.40 bits per heavy atom. The zero-order valence-corrected chi connectivity index (χ0v) is 6.68. The summed E-state index contributed by atoms with van der Waals surface area (Å²) in [5.41, 5.74) is 0. The fourth-order valence-electron chi connectivity index (χ4n) is 1.27. The monoisotopic (exact) mass is 146 g/mol. The fourth-order valence-corrected chi connectivity index (χ4v) is 1.27. The molecule has 0 spiro atoms.